The fraction of sp³-hybridized carbons (Fsp3) is 0.250. The average molecular weight is 512 g/mol. The Kier molecular flexibility index (Phi) is 8.36. The lowest BCUT2D eigenvalue weighted by Crippen LogP contribution is -2.48. The number of rotatable bonds is 10. The van der Waals surface area contributed by atoms with Crippen molar-refractivity contribution in [1.82, 2.24) is 15.6 Å². The monoisotopic (exact) mass is 511 g/mol. The van der Waals surface area contributed by atoms with Gasteiger partial charge in [-0.2, -0.15) is 0 Å². The maximum atomic E-state index is 13.8. The zero-order valence-electron chi connectivity index (χ0n) is 19.8. The van der Waals surface area contributed by atoms with Crippen molar-refractivity contribution in [2.24, 2.45) is 0 Å². The summed E-state index contributed by atoms with van der Waals surface area (Å²) in [4.78, 5) is 16.1. The molecular formula is C28H28ClF2N3O2. The summed E-state index contributed by atoms with van der Waals surface area (Å²) in [6.45, 7) is 2.78. The van der Waals surface area contributed by atoms with Crippen LogP contribution < -0.4 is 10.6 Å². The zero-order chi connectivity index (χ0) is 25.7. The average Bonchev–Trinajstić information content (AvgIpc) is 3.26. The Balaban J connectivity index is 1.48. The highest BCUT2D eigenvalue weighted by molar-refractivity contribution is 6.31. The van der Waals surface area contributed by atoms with E-state index >= 15 is 0 Å². The third-order valence-electron chi connectivity index (χ3n) is 6.07. The number of amides is 1. The van der Waals surface area contributed by atoms with Gasteiger partial charge in [0.05, 0.1) is 12.1 Å². The van der Waals surface area contributed by atoms with Gasteiger partial charge in [-0.1, -0.05) is 48.9 Å². The van der Waals surface area contributed by atoms with Crippen molar-refractivity contribution in [2.45, 2.75) is 38.5 Å². The van der Waals surface area contributed by atoms with Gasteiger partial charge in [-0.25, -0.2) is 8.78 Å². The SMILES string of the molecule is CCc1cccc(CNC[C@@H](O)[C@H](Cc2cc(F)cc(F)c2)NC(=O)c2cc3ccc(Cl)cc3[nH]2)c1. The van der Waals surface area contributed by atoms with Crippen LogP contribution in [-0.2, 0) is 19.4 Å². The zero-order valence-corrected chi connectivity index (χ0v) is 20.6. The molecule has 0 saturated carbocycles. The Labute approximate surface area is 213 Å². The highest BCUT2D eigenvalue weighted by Crippen LogP contribution is 2.20. The number of aliphatic hydroxyl groups is 1. The predicted molar refractivity (Wildman–Crippen MR) is 138 cm³/mol. The van der Waals surface area contributed by atoms with E-state index in [1.165, 1.54) is 17.7 Å². The lowest BCUT2D eigenvalue weighted by molar-refractivity contribution is 0.0826. The first kappa shape index (κ1) is 25.8. The summed E-state index contributed by atoms with van der Waals surface area (Å²) in [5, 5.41) is 18.3. The number of carbonyl (C=O) groups excluding carboxylic acids is 1. The van der Waals surface area contributed by atoms with Crippen LogP contribution in [0.3, 0.4) is 0 Å². The largest absolute Gasteiger partial charge is 0.390 e. The predicted octanol–water partition coefficient (Wildman–Crippen LogP) is 5.15. The molecular weight excluding hydrogens is 484 g/mol. The Morgan fingerprint density at radius 1 is 1.00 bits per heavy atom. The minimum absolute atomic E-state index is 0.0423. The van der Waals surface area contributed by atoms with E-state index < -0.39 is 29.7 Å². The number of aromatic amines is 1. The molecule has 1 aromatic heterocycles. The van der Waals surface area contributed by atoms with Crippen molar-refractivity contribution < 1.29 is 18.7 Å². The summed E-state index contributed by atoms with van der Waals surface area (Å²) in [5.74, 6) is -1.88. The second-order valence-corrected chi connectivity index (χ2v) is 9.28. The summed E-state index contributed by atoms with van der Waals surface area (Å²) in [5.41, 5.74) is 3.61. The molecule has 188 valence electrons. The summed E-state index contributed by atoms with van der Waals surface area (Å²) < 4.78 is 27.6. The van der Waals surface area contributed by atoms with Gasteiger partial charge in [-0.3, -0.25) is 4.79 Å². The number of hydrogen-bond donors (Lipinski definition) is 4. The van der Waals surface area contributed by atoms with E-state index in [0.29, 0.717) is 28.3 Å². The molecule has 3 aromatic carbocycles. The van der Waals surface area contributed by atoms with Crippen molar-refractivity contribution in [3.8, 4) is 0 Å². The first-order chi connectivity index (χ1) is 17.3. The van der Waals surface area contributed by atoms with E-state index in [4.69, 9.17) is 11.6 Å². The highest BCUT2D eigenvalue weighted by Gasteiger charge is 2.24. The number of hydrogen-bond acceptors (Lipinski definition) is 3. The van der Waals surface area contributed by atoms with E-state index in [9.17, 15) is 18.7 Å². The van der Waals surface area contributed by atoms with Gasteiger partial charge < -0.3 is 20.7 Å². The molecule has 0 aliphatic rings. The van der Waals surface area contributed by atoms with Crippen LogP contribution in [0.15, 0.2) is 66.7 Å². The molecule has 0 bridgehead atoms. The van der Waals surface area contributed by atoms with Crippen molar-refractivity contribution in [3.63, 3.8) is 0 Å². The molecule has 1 amide bonds. The molecule has 0 spiro atoms. The van der Waals surface area contributed by atoms with Crippen LogP contribution in [-0.4, -0.2) is 34.7 Å². The fourth-order valence-corrected chi connectivity index (χ4v) is 4.37. The molecule has 0 fully saturated rings. The number of H-pyrrole nitrogens is 1. The molecule has 36 heavy (non-hydrogen) atoms. The molecule has 0 radical (unpaired) electrons. The summed E-state index contributed by atoms with van der Waals surface area (Å²) in [6.07, 6.45) is -0.0523. The highest BCUT2D eigenvalue weighted by atomic mass is 35.5. The lowest BCUT2D eigenvalue weighted by atomic mass is 10.00. The quantitative estimate of drug-likeness (QED) is 0.238. The Morgan fingerprint density at radius 2 is 1.75 bits per heavy atom. The molecule has 0 saturated heterocycles. The first-order valence-corrected chi connectivity index (χ1v) is 12.2. The van der Waals surface area contributed by atoms with Crippen LogP contribution in [0.5, 0.6) is 0 Å². The Morgan fingerprint density at radius 3 is 2.50 bits per heavy atom. The number of carbonyl (C=O) groups is 1. The molecule has 4 aromatic rings. The van der Waals surface area contributed by atoms with E-state index in [1.807, 2.05) is 12.1 Å². The van der Waals surface area contributed by atoms with Gasteiger partial charge in [0.25, 0.3) is 5.91 Å². The smallest absolute Gasteiger partial charge is 0.268 e. The standard InChI is InChI=1S/C28H28ClF2N3O2/c1-2-17-4-3-5-18(8-17)15-32-16-27(35)25(11-19-9-22(30)14-23(31)10-19)34-28(36)26-12-20-6-7-21(29)13-24(20)33-26/h3-10,12-14,25,27,32-33,35H,2,11,15-16H2,1H3,(H,34,36)/t25-,27+/m0/s1. The van der Waals surface area contributed by atoms with E-state index in [2.05, 4.69) is 34.7 Å². The van der Waals surface area contributed by atoms with E-state index in [0.717, 1.165) is 23.4 Å². The summed E-state index contributed by atoms with van der Waals surface area (Å²) in [6, 6.07) is 17.4. The van der Waals surface area contributed by atoms with Gasteiger partial charge in [0.1, 0.15) is 17.3 Å². The third kappa shape index (κ3) is 6.69. The molecule has 2 atom stereocenters. The number of benzene rings is 3. The molecule has 0 aliphatic heterocycles. The summed E-state index contributed by atoms with van der Waals surface area (Å²) in [7, 11) is 0. The number of aromatic nitrogens is 1. The minimum atomic E-state index is -1.02. The molecule has 0 unspecified atom stereocenters. The van der Waals surface area contributed by atoms with E-state index in [-0.39, 0.29) is 13.0 Å². The topological polar surface area (TPSA) is 77.2 Å². The maximum absolute atomic E-state index is 13.8. The first-order valence-electron chi connectivity index (χ1n) is 11.8. The van der Waals surface area contributed by atoms with E-state index in [1.54, 1.807) is 24.3 Å². The lowest BCUT2D eigenvalue weighted by Gasteiger charge is -2.25. The molecule has 4 rings (SSSR count). The molecule has 4 N–H and O–H groups in total. The molecule has 5 nitrogen and oxygen atoms in total. The van der Waals surface area contributed by atoms with Crippen LogP contribution in [0.4, 0.5) is 8.78 Å². The van der Waals surface area contributed by atoms with Gasteiger partial charge in [0.2, 0.25) is 0 Å². The van der Waals surface area contributed by atoms with Gasteiger partial charge in [-0.15, -0.1) is 0 Å². The minimum Gasteiger partial charge on any atom is -0.390 e. The van der Waals surface area contributed by atoms with Crippen LogP contribution in [0.25, 0.3) is 10.9 Å². The van der Waals surface area contributed by atoms with Crippen molar-refractivity contribution in [2.75, 3.05) is 6.54 Å². The second-order valence-electron chi connectivity index (χ2n) is 8.85. The second kappa shape index (κ2) is 11.6. The molecule has 8 heteroatoms. The number of halogens is 3. The maximum Gasteiger partial charge on any atom is 0.268 e. The third-order valence-corrected chi connectivity index (χ3v) is 6.31. The number of fused-ring (bicyclic) bond motifs is 1. The van der Waals surface area contributed by atoms with Crippen molar-refractivity contribution in [1.29, 1.82) is 0 Å². The fourth-order valence-electron chi connectivity index (χ4n) is 4.20. The Hall–Kier alpha value is -3.26. The Bertz CT molecular complexity index is 1340. The normalized spacial score (nSPS) is 13.0. The van der Waals surface area contributed by atoms with Crippen LogP contribution in [0.1, 0.15) is 34.1 Å². The number of nitrogens with one attached hydrogen (secondary N) is 3. The van der Waals surface area contributed by atoms with Crippen molar-refractivity contribution >= 4 is 28.4 Å². The van der Waals surface area contributed by atoms with Gasteiger partial charge in [-0.05, 0) is 59.9 Å². The van der Waals surface area contributed by atoms with Crippen LogP contribution in [0, 0.1) is 11.6 Å². The number of aliphatic hydroxyl groups excluding tert-OH is 1. The van der Waals surface area contributed by atoms with Gasteiger partial charge in [0, 0.05) is 35.1 Å². The molecule has 0 aliphatic carbocycles. The summed E-state index contributed by atoms with van der Waals surface area (Å²) >= 11 is 6.04. The van der Waals surface area contributed by atoms with Crippen molar-refractivity contribution in [3.05, 3.63) is 106 Å². The molecule has 1 heterocycles. The number of aryl methyl sites for hydroxylation is 1. The van der Waals surface area contributed by atoms with Gasteiger partial charge >= 0.3 is 0 Å². The van der Waals surface area contributed by atoms with Crippen LogP contribution in [0.2, 0.25) is 5.02 Å². The van der Waals surface area contributed by atoms with Crippen LogP contribution >= 0.6 is 11.6 Å². The van der Waals surface area contributed by atoms with Gasteiger partial charge in [0.15, 0.2) is 0 Å².